The van der Waals surface area contributed by atoms with Crippen molar-refractivity contribution >= 4 is 22.7 Å². The van der Waals surface area contributed by atoms with Gasteiger partial charge in [0.2, 0.25) is 0 Å². The number of H-pyrrole nitrogens is 1. The molecule has 0 atom stereocenters. The molecule has 0 saturated carbocycles. The average molecular weight is 324 g/mol. The van der Waals surface area contributed by atoms with Crippen LogP contribution < -0.4 is 0 Å². The molecule has 1 fully saturated rings. The van der Waals surface area contributed by atoms with Gasteiger partial charge in [0.25, 0.3) is 11.8 Å². The summed E-state index contributed by atoms with van der Waals surface area (Å²) in [6.07, 6.45) is 4.63. The lowest BCUT2D eigenvalue weighted by Gasteiger charge is -2.34. The highest BCUT2D eigenvalue weighted by atomic mass is 16.3. The minimum atomic E-state index is -0.0634. The van der Waals surface area contributed by atoms with Gasteiger partial charge in [-0.3, -0.25) is 14.7 Å². The van der Waals surface area contributed by atoms with E-state index in [-0.39, 0.29) is 11.8 Å². The highest BCUT2D eigenvalue weighted by Crippen LogP contribution is 2.19. The molecule has 0 radical (unpaired) electrons. The van der Waals surface area contributed by atoms with Crippen molar-refractivity contribution in [1.82, 2.24) is 20.0 Å². The van der Waals surface area contributed by atoms with E-state index in [0.717, 1.165) is 10.9 Å². The number of furan rings is 1. The normalized spacial score (nSPS) is 15.0. The Hall–Kier alpha value is -3.09. The van der Waals surface area contributed by atoms with E-state index in [9.17, 15) is 9.59 Å². The van der Waals surface area contributed by atoms with E-state index in [1.807, 2.05) is 12.1 Å². The van der Waals surface area contributed by atoms with Gasteiger partial charge in [0, 0.05) is 31.6 Å². The highest BCUT2D eigenvalue weighted by Gasteiger charge is 2.26. The Kier molecular flexibility index (Phi) is 3.53. The number of hydrogen-bond donors (Lipinski definition) is 1. The minimum absolute atomic E-state index is 0.0414. The molecule has 3 heterocycles. The maximum Gasteiger partial charge on any atom is 0.257 e. The SMILES string of the molecule is O=C(c1ccoc1)N1CCN(C(=O)c2cccc3cn[nH]c23)CC1. The van der Waals surface area contributed by atoms with Gasteiger partial charge in [-0.15, -0.1) is 0 Å². The lowest BCUT2D eigenvalue weighted by Crippen LogP contribution is -2.50. The van der Waals surface area contributed by atoms with Crippen molar-refractivity contribution < 1.29 is 14.0 Å². The number of aromatic amines is 1. The van der Waals surface area contributed by atoms with Crippen molar-refractivity contribution in [3.8, 4) is 0 Å². The molecular weight excluding hydrogens is 308 g/mol. The summed E-state index contributed by atoms with van der Waals surface area (Å²) in [5, 5.41) is 7.79. The number of para-hydroxylation sites is 1. The third-order valence-electron chi connectivity index (χ3n) is 4.33. The largest absolute Gasteiger partial charge is 0.472 e. The van der Waals surface area contributed by atoms with Crippen molar-refractivity contribution in [2.45, 2.75) is 0 Å². The number of aromatic nitrogens is 2. The molecule has 1 aromatic carbocycles. The van der Waals surface area contributed by atoms with Gasteiger partial charge in [0.15, 0.2) is 0 Å². The molecule has 1 saturated heterocycles. The molecule has 4 rings (SSSR count). The number of benzene rings is 1. The Morgan fingerprint density at radius 1 is 1.04 bits per heavy atom. The summed E-state index contributed by atoms with van der Waals surface area (Å²) in [5.74, 6) is -0.105. The third kappa shape index (κ3) is 2.44. The van der Waals surface area contributed by atoms with E-state index in [1.165, 1.54) is 12.5 Å². The van der Waals surface area contributed by atoms with Gasteiger partial charge in [0.05, 0.1) is 29.1 Å². The van der Waals surface area contributed by atoms with Gasteiger partial charge in [-0.1, -0.05) is 12.1 Å². The number of carbonyl (C=O) groups is 2. The molecule has 24 heavy (non-hydrogen) atoms. The molecule has 3 aromatic rings. The topological polar surface area (TPSA) is 82.4 Å². The number of nitrogens with zero attached hydrogens (tertiary/aromatic N) is 3. The second kappa shape index (κ2) is 5.84. The molecular formula is C17H16N4O3. The Bertz CT molecular complexity index is 876. The van der Waals surface area contributed by atoms with Crippen LogP contribution in [0.3, 0.4) is 0 Å². The molecule has 1 N–H and O–H groups in total. The Morgan fingerprint density at radius 3 is 2.50 bits per heavy atom. The summed E-state index contributed by atoms with van der Waals surface area (Å²) >= 11 is 0. The lowest BCUT2D eigenvalue weighted by molar-refractivity contribution is 0.0536. The molecule has 0 aliphatic carbocycles. The van der Waals surface area contributed by atoms with Gasteiger partial charge in [-0.25, -0.2) is 0 Å². The average Bonchev–Trinajstić information content (AvgIpc) is 3.31. The summed E-state index contributed by atoms with van der Waals surface area (Å²) < 4.78 is 4.96. The predicted molar refractivity (Wildman–Crippen MR) is 86.6 cm³/mol. The number of hydrogen-bond acceptors (Lipinski definition) is 4. The molecule has 7 heteroatoms. The number of nitrogens with one attached hydrogen (secondary N) is 1. The fourth-order valence-electron chi connectivity index (χ4n) is 3.00. The monoisotopic (exact) mass is 324 g/mol. The highest BCUT2D eigenvalue weighted by molar-refractivity contribution is 6.05. The smallest absolute Gasteiger partial charge is 0.257 e. The molecule has 2 amide bonds. The van der Waals surface area contributed by atoms with E-state index in [4.69, 9.17) is 4.42 Å². The van der Waals surface area contributed by atoms with Crippen LogP contribution in [0, 0.1) is 0 Å². The van der Waals surface area contributed by atoms with Crippen LogP contribution in [0.15, 0.2) is 47.4 Å². The van der Waals surface area contributed by atoms with E-state index >= 15 is 0 Å². The van der Waals surface area contributed by atoms with Gasteiger partial charge < -0.3 is 14.2 Å². The quantitative estimate of drug-likeness (QED) is 0.778. The summed E-state index contributed by atoms with van der Waals surface area (Å²) in [4.78, 5) is 28.6. The van der Waals surface area contributed by atoms with Gasteiger partial charge in [0.1, 0.15) is 6.26 Å². The van der Waals surface area contributed by atoms with Crippen LogP contribution in [-0.2, 0) is 0 Å². The third-order valence-corrected chi connectivity index (χ3v) is 4.33. The Labute approximate surface area is 137 Å². The van der Waals surface area contributed by atoms with Crippen LogP contribution in [0.4, 0.5) is 0 Å². The lowest BCUT2D eigenvalue weighted by atomic mass is 10.1. The molecule has 0 spiro atoms. The van der Waals surface area contributed by atoms with Crippen molar-refractivity contribution in [3.05, 3.63) is 54.1 Å². The second-order valence-electron chi connectivity index (χ2n) is 5.74. The zero-order chi connectivity index (χ0) is 16.5. The first-order valence-corrected chi connectivity index (χ1v) is 7.77. The summed E-state index contributed by atoms with van der Waals surface area (Å²) in [6, 6.07) is 7.21. The standard InChI is InChI=1S/C17H16N4O3/c22-16(13-4-9-24-11-13)20-5-7-21(8-6-20)17(23)14-3-1-2-12-10-18-19-15(12)14/h1-4,9-11H,5-8H2,(H,18,19). The van der Waals surface area contributed by atoms with Crippen molar-refractivity contribution in [2.24, 2.45) is 0 Å². The van der Waals surface area contributed by atoms with Crippen molar-refractivity contribution in [1.29, 1.82) is 0 Å². The maximum atomic E-state index is 12.8. The number of fused-ring (bicyclic) bond motifs is 1. The first-order chi connectivity index (χ1) is 11.7. The van der Waals surface area contributed by atoms with Crippen molar-refractivity contribution in [3.63, 3.8) is 0 Å². The van der Waals surface area contributed by atoms with Crippen LogP contribution in [0.5, 0.6) is 0 Å². The molecule has 7 nitrogen and oxygen atoms in total. The van der Waals surface area contributed by atoms with Crippen LogP contribution in [0.25, 0.3) is 10.9 Å². The van der Waals surface area contributed by atoms with E-state index < -0.39 is 0 Å². The zero-order valence-electron chi connectivity index (χ0n) is 12.9. The molecule has 0 bridgehead atoms. The zero-order valence-corrected chi connectivity index (χ0v) is 12.9. The van der Waals surface area contributed by atoms with Crippen LogP contribution >= 0.6 is 0 Å². The molecule has 1 aliphatic heterocycles. The molecule has 122 valence electrons. The minimum Gasteiger partial charge on any atom is -0.472 e. The maximum absolute atomic E-state index is 12.8. The number of carbonyl (C=O) groups excluding carboxylic acids is 2. The van der Waals surface area contributed by atoms with Crippen LogP contribution in [0.2, 0.25) is 0 Å². The van der Waals surface area contributed by atoms with Gasteiger partial charge >= 0.3 is 0 Å². The van der Waals surface area contributed by atoms with Crippen molar-refractivity contribution in [2.75, 3.05) is 26.2 Å². The van der Waals surface area contributed by atoms with E-state index in [0.29, 0.717) is 37.3 Å². The molecule has 2 aromatic heterocycles. The Morgan fingerprint density at radius 2 is 1.79 bits per heavy atom. The van der Waals surface area contributed by atoms with E-state index in [2.05, 4.69) is 10.2 Å². The van der Waals surface area contributed by atoms with Gasteiger partial charge in [-0.05, 0) is 12.1 Å². The fourth-order valence-corrected chi connectivity index (χ4v) is 3.00. The summed E-state index contributed by atoms with van der Waals surface area (Å²) in [7, 11) is 0. The van der Waals surface area contributed by atoms with Crippen LogP contribution in [0.1, 0.15) is 20.7 Å². The summed E-state index contributed by atoms with van der Waals surface area (Å²) in [6.45, 7) is 2.03. The fraction of sp³-hybridized carbons (Fsp3) is 0.235. The Balaban J connectivity index is 1.47. The number of piperazine rings is 1. The number of amides is 2. The first-order valence-electron chi connectivity index (χ1n) is 7.77. The van der Waals surface area contributed by atoms with Crippen LogP contribution in [-0.4, -0.2) is 58.0 Å². The second-order valence-corrected chi connectivity index (χ2v) is 5.74. The molecule has 0 unspecified atom stereocenters. The van der Waals surface area contributed by atoms with Gasteiger partial charge in [-0.2, -0.15) is 5.10 Å². The first kappa shape index (κ1) is 14.5. The predicted octanol–water partition coefficient (Wildman–Crippen LogP) is 1.75. The molecule has 1 aliphatic rings. The summed E-state index contributed by atoms with van der Waals surface area (Å²) in [5.41, 5.74) is 1.90. The number of rotatable bonds is 2. The van der Waals surface area contributed by atoms with E-state index in [1.54, 1.807) is 28.1 Å².